The number of halogens is 2. The first-order valence-electron chi connectivity index (χ1n) is 4.83. The number of ether oxygens (including phenoxy) is 1. The van der Waals surface area contributed by atoms with Crippen LogP contribution in [-0.2, 0) is 19.6 Å². The fourth-order valence-corrected chi connectivity index (χ4v) is 3.46. The molecule has 1 N–H and O–H groups in total. The molecule has 1 aromatic rings. The van der Waals surface area contributed by atoms with Crippen molar-refractivity contribution in [3.8, 4) is 0 Å². The molecule has 1 rings (SSSR count). The molecule has 0 aliphatic heterocycles. The summed E-state index contributed by atoms with van der Waals surface area (Å²) >= 11 is 2.95. The fraction of sp³-hybridized carbons (Fsp3) is 0.300. The van der Waals surface area contributed by atoms with Crippen LogP contribution < -0.4 is 4.72 Å². The molecule has 100 valence electrons. The zero-order valence-corrected chi connectivity index (χ0v) is 12.0. The van der Waals surface area contributed by atoms with E-state index in [1.807, 2.05) is 0 Å². The van der Waals surface area contributed by atoms with Gasteiger partial charge in [-0.1, -0.05) is 0 Å². The average molecular weight is 340 g/mol. The zero-order valence-electron chi connectivity index (χ0n) is 9.61. The Morgan fingerprint density at radius 2 is 2.11 bits per heavy atom. The first-order chi connectivity index (χ1) is 8.27. The van der Waals surface area contributed by atoms with Gasteiger partial charge in [0.05, 0.1) is 12.0 Å². The number of esters is 1. The molecular formula is C10H11BrFNO4S. The summed E-state index contributed by atoms with van der Waals surface area (Å²) in [4.78, 5) is 11.0. The monoisotopic (exact) mass is 339 g/mol. The van der Waals surface area contributed by atoms with Crippen molar-refractivity contribution in [1.29, 1.82) is 0 Å². The normalized spacial score (nSPS) is 13.1. The maximum Gasteiger partial charge on any atom is 0.323 e. The van der Waals surface area contributed by atoms with E-state index < -0.39 is 27.9 Å². The molecule has 0 aromatic heterocycles. The van der Waals surface area contributed by atoms with Gasteiger partial charge >= 0.3 is 5.97 Å². The van der Waals surface area contributed by atoms with Crippen LogP contribution in [0.4, 0.5) is 4.39 Å². The number of carbonyl (C=O) groups excluding carboxylic acids is 1. The van der Waals surface area contributed by atoms with Crippen molar-refractivity contribution < 1.29 is 22.3 Å². The molecule has 5 nitrogen and oxygen atoms in total. The zero-order chi connectivity index (χ0) is 13.9. The third-order valence-corrected chi connectivity index (χ3v) is 4.59. The summed E-state index contributed by atoms with van der Waals surface area (Å²) in [6, 6.07) is 2.11. The molecule has 0 fully saturated rings. The van der Waals surface area contributed by atoms with Gasteiger partial charge in [-0.2, -0.15) is 4.72 Å². The number of benzene rings is 1. The predicted octanol–water partition coefficient (Wildman–Crippen LogP) is 1.43. The maximum atomic E-state index is 12.9. The minimum Gasteiger partial charge on any atom is -0.468 e. The number of sulfonamides is 1. The second-order valence-corrected chi connectivity index (χ2v) is 5.98. The van der Waals surface area contributed by atoms with Gasteiger partial charge in [-0.3, -0.25) is 4.79 Å². The Kier molecular flexibility index (Phi) is 4.83. The second-order valence-electron chi connectivity index (χ2n) is 3.44. The summed E-state index contributed by atoms with van der Waals surface area (Å²) in [5.41, 5.74) is 0. The maximum absolute atomic E-state index is 12.9. The molecule has 0 heterocycles. The minimum atomic E-state index is -3.93. The second kappa shape index (κ2) is 5.77. The lowest BCUT2D eigenvalue weighted by atomic mass is 10.3. The highest BCUT2D eigenvalue weighted by atomic mass is 79.9. The van der Waals surface area contributed by atoms with Crippen LogP contribution in [0.2, 0.25) is 0 Å². The number of rotatable bonds is 4. The van der Waals surface area contributed by atoms with Crippen molar-refractivity contribution in [3.63, 3.8) is 0 Å². The number of nitrogens with one attached hydrogen (secondary N) is 1. The van der Waals surface area contributed by atoms with E-state index in [1.54, 1.807) is 0 Å². The molecule has 0 bridgehead atoms. The highest BCUT2D eigenvalue weighted by Gasteiger charge is 2.24. The third kappa shape index (κ3) is 3.50. The van der Waals surface area contributed by atoms with Gasteiger partial charge in [0, 0.05) is 4.47 Å². The molecule has 0 aliphatic carbocycles. The Labute approximate surface area is 113 Å². The first-order valence-corrected chi connectivity index (χ1v) is 7.10. The van der Waals surface area contributed by atoms with Gasteiger partial charge in [0.25, 0.3) is 0 Å². The van der Waals surface area contributed by atoms with E-state index in [9.17, 15) is 17.6 Å². The Morgan fingerprint density at radius 3 is 2.61 bits per heavy atom. The van der Waals surface area contributed by atoms with Crippen molar-refractivity contribution in [2.75, 3.05) is 7.11 Å². The molecule has 0 amide bonds. The van der Waals surface area contributed by atoms with Crippen molar-refractivity contribution in [1.82, 2.24) is 4.72 Å². The fourth-order valence-electron chi connectivity index (χ4n) is 1.21. The molecule has 0 spiro atoms. The summed E-state index contributed by atoms with van der Waals surface area (Å²) in [6.07, 6.45) is 0. The largest absolute Gasteiger partial charge is 0.468 e. The van der Waals surface area contributed by atoms with Crippen LogP contribution in [0.1, 0.15) is 6.92 Å². The summed E-state index contributed by atoms with van der Waals surface area (Å²) in [6.45, 7) is 1.35. The van der Waals surface area contributed by atoms with Crippen LogP contribution in [0.25, 0.3) is 0 Å². The van der Waals surface area contributed by atoms with E-state index in [4.69, 9.17) is 0 Å². The molecular weight excluding hydrogens is 329 g/mol. The first kappa shape index (κ1) is 15.1. The van der Waals surface area contributed by atoms with E-state index in [2.05, 4.69) is 25.4 Å². The Bertz CT molecular complexity index is 561. The van der Waals surface area contributed by atoms with Crippen LogP contribution in [-0.4, -0.2) is 27.5 Å². The number of methoxy groups -OCH3 is 1. The van der Waals surface area contributed by atoms with Gasteiger partial charge in [-0.05, 0) is 41.1 Å². The third-order valence-electron chi connectivity index (χ3n) is 2.07. The lowest BCUT2D eigenvalue weighted by Gasteiger charge is -2.13. The van der Waals surface area contributed by atoms with Crippen LogP contribution >= 0.6 is 15.9 Å². The summed E-state index contributed by atoms with van der Waals surface area (Å²) in [7, 11) is -2.77. The van der Waals surface area contributed by atoms with Gasteiger partial charge in [0.2, 0.25) is 10.0 Å². The van der Waals surface area contributed by atoms with Gasteiger partial charge in [0.15, 0.2) is 0 Å². The smallest absolute Gasteiger partial charge is 0.323 e. The lowest BCUT2D eigenvalue weighted by Crippen LogP contribution is -2.39. The van der Waals surface area contributed by atoms with Crippen LogP contribution in [0, 0.1) is 5.82 Å². The molecule has 8 heteroatoms. The Balaban J connectivity index is 3.04. The lowest BCUT2D eigenvalue weighted by molar-refractivity contribution is -0.142. The van der Waals surface area contributed by atoms with E-state index in [1.165, 1.54) is 6.92 Å². The quantitative estimate of drug-likeness (QED) is 0.842. The van der Waals surface area contributed by atoms with Gasteiger partial charge in [-0.25, -0.2) is 12.8 Å². The standard InChI is InChI=1S/C10H11BrFNO4S/c1-6(10(14)17-2)13-18(15,16)9-4-3-7(12)5-8(9)11/h3-6,13H,1-2H3/t6-/m0/s1. The highest BCUT2D eigenvalue weighted by Crippen LogP contribution is 2.22. The van der Waals surface area contributed by atoms with Gasteiger partial charge in [0.1, 0.15) is 11.9 Å². The van der Waals surface area contributed by atoms with E-state index in [0.29, 0.717) is 0 Å². The van der Waals surface area contributed by atoms with E-state index in [0.717, 1.165) is 25.3 Å². The molecule has 0 aliphatic rings. The number of hydrogen-bond acceptors (Lipinski definition) is 4. The molecule has 0 unspecified atom stereocenters. The SMILES string of the molecule is COC(=O)[C@H](C)NS(=O)(=O)c1ccc(F)cc1Br. The number of hydrogen-bond donors (Lipinski definition) is 1. The Morgan fingerprint density at radius 1 is 1.50 bits per heavy atom. The molecule has 0 radical (unpaired) electrons. The molecule has 0 saturated carbocycles. The predicted molar refractivity (Wildman–Crippen MR) is 65.9 cm³/mol. The molecule has 1 atom stereocenters. The van der Waals surface area contributed by atoms with E-state index >= 15 is 0 Å². The van der Waals surface area contributed by atoms with Crippen molar-refractivity contribution >= 4 is 31.9 Å². The van der Waals surface area contributed by atoms with Gasteiger partial charge in [-0.15, -0.1) is 0 Å². The highest BCUT2D eigenvalue weighted by molar-refractivity contribution is 9.10. The van der Waals surface area contributed by atoms with Crippen molar-refractivity contribution in [3.05, 3.63) is 28.5 Å². The summed E-state index contributed by atoms with van der Waals surface area (Å²) in [5, 5.41) is 0. The van der Waals surface area contributed by atoms with Crippen molar-refractivity contribution in [2.45, 2.75) is 17.9 Å². The Hall–Kier alpha value is -0.990. The topological polar surface area (TPSA) is 72.5 Å². The molecule has 1 aromatic carbocycles. The summed E-state index contributed by atoms with van der Waals surface area (Å²) in [5.74, 6) is -1.28. The average Bonchev–Trinajstić information content (AvgIpc) is 2.26. The van der Waals surface area contributed by atoms with Crippen LogP contribution in [0.5, 0.6) is 0 Å². The van der Waals surface area contributed by atoms with E-state index in [-0.39, 0.29) is 9.37 Å². The minimum absolute atomic E-state index is 0.0760. The molecule has 18 heavy (non-hydrogen) atoms. The van der Waals surface area contributed by atoms with Crippen molar-refractivity contribution in [2.24, 2.45) is 0 Å². The molecule has 0 saturated heterocycles. The van der Waals surface area contributed by atoms with Crippen LogP contribution in [0.3, 0.4) is 0 Å². The summed E-state index contributed by atoms with van der Waals surface area (Å²) < 4.78 is 43.3. The number of carbonyl (C=O) groups is 1. The van der Waals surface area contributed by atoms with Crippen LogP contribution in [0.15, 0.2) is 27.6 Å². The van der Waals surface area contributed by atoms with Gasteiger partial charge < -0.3 is 4.74 Å².